The Morgan fingerprint density at radius 3 is 1.04 bits per heavy atom. The number of para-hydroxylation sites is 1. The molecule has 734 valence electrons. The third-order valence-electron chi connectivity index (χ3n) is 33.7. The van der Waals surface area contributed by atoms with Gasteiger partial charge in [0.1, 0.15) is 5.58 Å². The molecule has 0 fully saturated rings. The maximum atomic E-state index is 7.50. The summed E-state index contributed by atoms with van der Waals surface area (Å²) in [4.78, 5) is 10.5. The van der Waals surface area contributed by atoms with Crippen molar-refractivity contribution in [2.24, 2.45) is 0 Å². The van der Waals surface area contributed by atoms with Crippen LogP contribution < -0.4 is 52.4 Å². The molecule has 0 amide bonds. The van der Waals surface area contributed by atoms with Gasteiger partial charge < -0.3 is 33.2 Å². The number of hydrogen-bond donors (Lipinski definition) is 0. The topological polar surface area (TPSA) is 36.0 Å². The van der Waals surface area contributed by atoms with Crippen molar-refractivity contribution in [3.8, 4) is 11.4 Å². The minimum atomic E-state index is -0.307. The zero-order valence-corrected chi connectivity index (χ0v) is 92.8. The first-order valence-corrected chi connectivity index (χ1v) is 55.9. The number of rotatable bonds is 13. The smallest absolute Gasteiger partial charge is 0.252 e. The average molecular weight is 1980 g/mol. The second-order valence-corrected chi connectivity index (χ2v) is 54.8. The standard InChI is InChI=1S/C136H130B2N6OS3/c1-128(2,3)79-44-55-88(56-45-79)139(89-57-46-80(47-58-89)129(4,5)6)92-75-109-119-111(77-92)144-122-100(127-124(144)98-36-28-31-42-116(98)148-127)69-87(71-104(122)138(119)101-64-53-83(131(10,11)12)72-107(101)141(109)105-38-33-43-117-118(105)96-34-26-29-40-114(96)146-117)136(24,25)67-66-135(22,23)82-50-61-91(62-51-82)140(90-59-48-81(49-60-90)130(7,8)9)93-76-110-120-112(78-93)143-121-99(126-123(143)97-35-27-30-41-115(97)147-126)68-86(134(19,20)21)70-103(121)137(120)102-65-54-84(132(13,14)15)73-108(102)142(110)106-39-32-37-95-94-63-52-85(133(16,17)18)74-113(94)145-125(95)106/h26-65,68-78H,66-67H2,1-25H3. The molecule has 0 unspecified atom stereocenters. The van der Waals surface area contributed by atoms with E-state index in [4.69, 9.17) is 4.42 Å². The van der Waals surface area contributed by atoms with E-state index in [9.17, 15) is 0 Å². The van der Waals surface area contributed by atoms with E-state index >= 15 is 0 Å². The van der Waals surface area contributed by atoms with Gasteiger partial charge in [0.2, 0.25) is 0 Å². The lowest BCUT2D eigenvalue weighted by molar-refractivity contribution is 0.375. The number of anilines is 12. The van der Waals surface area contributed by atoms with Gasteiger partial charge in [0.05, 0.1) is 54.2 Å². The summed E-state index contributed by atoms with van der Waals surface area (Å²) in [5.74, 6) is 0. The summed E-state index contributed by atoms with van der Waals surface area (Å²) in [6, 6.07) is 122. The second kappa shape index (κ2) is 32.5. The molecule has 10 heterocycles. The van der Waals surface area contributed by atoms with Crippen LogP contribution in [0, 0.1) is 0 Å². The lowest BCUT2D eigenvalue weighted by Gasteiger charge is -2.42. The molecular formula is C136H130B2N6OS3. The predicted molar refractivity (Wildman–Crippen MR) is 647 cm³/mol. The fourth-order valence-corrected chi connectivity index (χ4v) is 28.5. The van der Waals surface area contributed by atoms with Crippen molar-refractivity contribution >= 4 is 253 Å². The molecule has 0 N–H and O–H groups in total. The Morgan fingerprint density at radius 2 is 0.588 bits per heavy atom. The van der Waals surface area contributed by atoms with E-state index in [0.717, 1.165) is 80.3 Å². The zero-order chi connectivity index (χ0) is 103. The van der Waals surface area contributed by atoms with Crippen LogP contribution >= 0.6 is 34.0 Å². The normalized spacial score (nSPS) is 14.0. The molecule has 12 heteroatoms. The molecule has 16 aromatic carbocycles. The first-order chi connectivity index (χ1) is 70.3. The van der Waals surface area contributed by atoms with Gasteiger partial charge in [-0.25, -0.2) is 0 Å². The van der Waals surface area contributed by atoms with Crippen molar-refractivity contribution in [1.82, 2.24) is 9.13 Å². The Hall–Kier alpha value is -13.6. The van der Waals surface area contributed by atoms with Crippen molar-refractivity contribution in [2.45, 2.75) is 235 Å². The van der Waals surface area contributed by atoms with Crippen molar-refractivity contribution in [2.75, 3.05) is 19.6 Å². The van der Waals surface area contributed by atoms with Crippen LogP contribution in [0.2, 0.25) is 0 Å². The molecule has 0 saturated heterocycles. The zero-order valence-electron chi connectivity index (χ0n) is 90.3. The Kier molecular flexibility index (Phi) is 20.6. The molecular weight excluding hydrogens is 1850 g/mol. The van der Waals surface area contributed by atoms with Gasteiger partial charge >= 0.3 is 0 Å². The largest absolute Gasteiger partial charge is 0.454 e. The van der Waals surface area contributed by atoms with Gasteiger partial charge in [-0.3, -0.25) is 0 Å². The molecule has 26 rings (SSSR count). The third kappa shape index (κ3) is 14.6. The Labute approximate surface area is 884 Å². The van der Waals surface area contributed by atoms with Gasteiger partial charge in [-0.15, -0.1) is 34.0 Å². The van der Waals surface area contributed by atoms with Gasteiger partial charge in [0.15, 0.2) is 5.58 Å². The highest BCUT2D eigenvalue weighted by atomic mass is 32.1. The van der Waals surface area contributed by atoms with Crippen LogP contribution in [0.15, 0.2) is 314 Å². The first-order valence-electron chi connectivity index (χ1n) is 53.4. The van der Waals surface area contributed by atoms with Gasteiger partial charge in [0, 0.05) is 119 Å². The van der Waals surface area contributed by atoms with Crippen molar-refractivity contribution < 1.29 is 4.42 Å². The summed E-state index contributed by atoms with van der Waals surface area (Å²) in [5.41, 5.74) is 41.2. The molecule has 7 nitrogen and oxygen atoms in total. The molecule has 0 saturated carbocycles. The average Bonchev–Trinajstić information content (AvgIpc) is 1.48. The minimum absolute atomic E-state index is 0.0408. The monoisotopic (exact) mass is 1980 g/mol. The SMILES string of the molecule is CC(C)(C)c1ccc(N(c2ccc(C(C)(C)CCC(C)(C)c3cc4c5c(c3)c3sc6ccccc6c3n5-c3cc(N(c5ccc(C(C)(C)C)cc5)c5ccc(C(C)(C)C)cc5)cc5c3B4c3ccc(C(C)(C)C)cc3N5c3cccc4sc5ccccc5c34)cc2)c2cc3c4c(c2)-n2c5c(cc(C(C)(C)C)cc5c5sc6ccccc6c52)B4c2ccc(C(C)(C)C)cc2N3c2cccc3c2oc2cc(C(C)(C)C)ccc23)cc1. The Morgan fingerprint density at radius 1 is 0.236 bits per heavy atom. The molecule has 4 aliphatic heterocycles. The third-order valence-corrected chi connectivity index (χ3v) is 37.3. The number of nitrogens with zero attached hydrogens (tertiary/aromatic N) is 6. The molecule has 6 aromatic heterocycles. The minimum Gasteiger partial charge on any atom is -0.454 e. The van der Waals surface area contributed by atoms with Crippen LogP contribution in [0.1, 0.15) is 236 Å². The fraction of sp³-hybridized carbons (Fsp3) is 0.265. The number of fused-ring (bicyclic) bond motifs is 24. The van der Waals surface area contributed by atoms with E-state index in [2.05, 4.69) is 511 Å². The Balaban J connectivity index is 0.646. The van der Waals surface area contributed by atoms with E-state index in [1.165, 1.54) is 200 Å². The van der Waals surface area contributed by atoms with Crippen molar-refractivity contribution in [1.29, 1.82) is 0 Å². The van der Waals surface area contributed by atoms with E-state index in [1.807, 2.05) is 34.0 Å². The molecule has 0 spiro atoms. The van der Waals surface area contributed by atoms with Crippen LogP contribution in [0.3, 0.4) is 0 Å². The number of thiophene rings is 3. The van der Waals surface area contributed by atoms with E-state index in [-0.39, 0.29) is 62.2 Å². The van der Waals surface area contributed by atoms with Gasteiger partial charge in [-0.2, -0.15) is 0 Å². The second-order valence-electron chi connectivity index (χ2n) is 51.6. The quantitative estimate of drug-likeness (QED) is 0.108. The fourth-order valence-electron chi connectivity index (χ4n) is 25.0. The summed E-state index contributed by atoms with van der Waals surface area (Å²) >= 11 is 5.80. The number of aromatic nitrogens is 2. The lowest BCUT2D eigenvalue weighted by Crippen LogP contribution is -2.60. The summed E-state index contributed by atoms with van der Waals surface area (Å²) in [6.45, 7) is 59.1. The van der Waals surface area contributed by atoms with Crippen LogP contribution in [0.5, 0.6) is 0 Å². The van der Waals surface area contributed by atoms with Gasteiger partial charge in [-0.05, 0) is 284 Å². The highest BCUT2D eigenvalue weighted by molar-refractivity contribution is 7.27. The molecule has 22 aromatic rings. The molecule has 4 aliphatic rings. The van der Waals surface area contributed by atoms with E-state index in [1.54, 1.807) is 0 Å². The number of furan rings is 1. The molecule has 0 atom stereocenters. The highest BCUT2D eigenvalue weighted by Gasteiger charge is 2.49. The molecule has 0 bridgehead atoms. The van der Waals surface area contributed by atoms with Crippen molar-refractivity contribution in [3.05, 3.63) is 359 Å². The van der Waals surface area contributed by atoms with E-state index in [0.29, 0.717) is 0 Å². The lowest BCUT2D eigenvalue weighted by atomic mass is 9.33. The molecule has 0 radical (unpaired) electrons. The molecule has 148 heavy (non-hydrogen) atoms. The predicted octanol–water partition coefficient (Wildman–Crippen LogP) is 35.9. The highest BCUT2D eigenvalue weighted by Crippen LogP contribution is 2.57. The summed E-state index contributed by atoms with van der Waals surface area (Å²) in [6.07, 6.45) is 1.87. The van der Waals surface area contributed by atoms with Crippen LogP contribution in [0.25, 0.3) is 116 Å². The van der Waals surface area contributed by atoms with Gasteiger partial charge in [-0.1, -0.05) is 343 Å². The summed E-state index contributed by atoms with van der Waals surface area (Å²) in [5, 5.41) is 9.97. The van der Waals surface area contributed by atoms with E-state index < -0.39 is 0 Å². The van der Waals surface area contributed by atoms with Crippen molar-refractivity contribution in [3.63, 3.8) is 0 Å². The van der Waals surface area contributed by atoms with Crippen LogP contribution in [-0.4, -0.2) is 22.6 Å². The maximum absolute atomic E-state index is 7.50. The van der Waals surface area contributed by atoms with Crippen LogP contribution in [0.4, 0.5) is 68.2 Å². The molecule has 0 aliphatic carbocycles. The van der Waals surface area contributed by atoms with Crippen LogP contribution in [-0.2, 0) is 48.7 Å². The van der Waals surface area contributed by atoms with Gasteiger partial charge in [0.25, 0.3) is 13.4 Å². The Bertz CT molecular complexity index is 9280. The number of hydrogen-bond acceptors (Lipinski definition) is 8. The number of benzene rings is 16. The maximum Gasteiger partial charge on any atom is 0.252 e. The summed E-state index contributed by atoms with van der Waals surface area (Å²) < 4.78 is 20.8. The summed E-state index contributed by atoms with van der Waals surface area (Å²) in [7, 11) is 0. The first kappa shape index (κ1) is 94.1.